The number of pyridine rings is 1. The maximum atomic E-state index is 5.33. The molecule has 3 rings (SSSR count). The minimum Gasteiger partial charge on any atom is -0.359 e. The first-order chi connectivity index (χ1) is 7.93. The van der Waals surface area contributed by atoms with Gasteiger partial charge in [0.05, 0.1) is 12.2 Å². The van der Waals surface area contributed by atoms with Crippen molar-refractivity contribution < 1.29 is 4.52 Å². The number of nitrogens with one attached hydrogen (secondary N) is 1. The lowest BCUT2D eigenvalue weighted by atomic mass is 10.0. The summed E-state index contributed by atoms with van der Waals surface area (Å²) in [5, 5.41) is 7.42. The Morgan fingerprint density at radius 1 is 1.44 bits per heavy atom. The van der Waals surface area contributed by atoms with Crippen molar-refractivity contribution in [3.63, 3.8) is 0 Å². The molecule has 0 amide bonds. The summed E-state index contributed by atoms with van der Waals surface area (Å²) < 4.78 is 5.33. The van der Waals surface area contributed by atoms with Crippen molar-refractivity contribution in [1.82, 2.24) is 15.5 Å². The summed E-state index contributed by atoms with van der Waals surface area (Å²) in [4.78, 5) is 4.11. The van der Waals surface area contributed by atoms with Crippen LogP contribution in [0.15, 0.2) is 29.0 Å². The van der Waals surface area contributed by atoms with E-state index in [-0.39, 0.29) is 0 Å². The molecule has 0 aromatic carbocycles. The van der Waals surface area contributed by atoms with Gasteiger partial charge in [-0.3, -0.25) is 4.98 Å². The SMILES string of the molecule is c1cncc(Cc2noc3c2CCNC3)c1. The van der Waals surface area contributed by atoms with Crippen molar-refractivity contribution in [3.8, 4) is 0 Å². The van der Waals surface area contributed by atoms with Gasteiger partial charge in [-0.05, 0) is 24.6 Å². The summed E-state index contributed by atoms with van der Waals surface area (Å²) in [6.45, 7) is 1.81. The smallest absolute Gasteiger partial charge is 0.153 e. The van der Waals surface area contributed by atoms with E-state index in [1.165, 1.54) is 11.1 Å². The molecule has 4 nitrogen and oxygen atoms in total. The highest BCUT2D eigenvalue weighted by atomic mass is 16.5. The second-order valence-electron chi connectivity index (χ2n) is 4.00. The van der Waals surface area contributed by atoms with E-state index in [1.54, 1.807) is 6.20 Å². The van der Waals surface area contributed by atoms with E-state index in [0.29, 0.717) is 0 Å². The molecule has 2 aromatic rings. The zero-order chi connectivity index (χ0) is 10.8. The third kappa shape index (κ3) is 1.72. The van der Waals surface area contributed by atoms with Crippen LogP contribution in [-0.2, 0) is 19.4 Å². The van der Waals surface area contributed by atoms with E-state index in [9.17, 15) is 0 Å². The first-order valence-corrected chi connectivity index (χ1v) is 5.49. The monoisotopic (exact) mass is 215 g/mol. The summed E-state index contributed by atoms with van der Waals surface area (Å²) in [5.41, 5.74) is 3.52. The van der Waals surface area contributed by atoms with Crippen molar-refractivity contribution in [1.29, 1.82) is 0 Å². The molecule has 0 spiro atoms. The van der Waals surface area contributed by atoms with Gasteiger partial charge < -0.3 is 9.84 Å². The minimum absolute atomic E-state index is 0.801. The van der Waals surface area contributed by atoms with Crippen LogP contribution < -0.4 is 5.32 Å². The normalized spacial score (nSPS) is 14.8. The van der Waals surface area contributed by atoms with Crippen LogP contribution in [0.3, 0.4) is 0 Å². The van der Waals surface area contributed by atoms with Crippen molar-refractivity contribution in [2.45, 2.75) is 19.4 Å². The van der Waals surface area contributed by atoms with Gasteiger partial charge in [-0.1, -0.05) is 11.2 Å². The lowest BCUT2D eigenvalue weighted by Crippen LogP contribution is -2.23. The highest BCUT2D eigenvalue weighted by molar-refractivity contribution is 5.29. The molecule has 0 radical (unpaired) electrons. The van der Waals surface area contributed by atoms with Gasteiger partial charge in [0.25, 0.3) is 0 Å². The fourth-order valence-corrected chi connectivity index (χ4v) is 2.05. The molecule has 1 aliphatic heterocycles. The maximum Gasteiger partial charge on any atom is 0.153 e. The largest absolute Gasteiger partial charge is 0.359 e. The summed E-state index contributed by atoms with van der Waals surface area (Å²) >= 11 is 0. The quantitative estimate of drug-likeness (QED) is 0.820. The topological polar surface area (TPSA) is 51.0 Å². The minimum atomic E-state index is 0.801. The number of fused-ring (bicyclic) bond motifs is 1. The fraction of sp³-hybridized carbons (Fsp3) is 0.333. The molecule has 4 heteroatoms. The van der Waals surface area contributed by atoms with Crippen LogP contribution >= 0.6 is 0 Å². The average Bonchev–Trinajstić information content (AvgIpc) is 2.74. The number of aromatic nitrogens is 2. The summed E-state index contributed by atoms with van der Waals surface area (Å²) in [5.74, 6) is 0.991. The van der Waals surface area contributed by atoms with Crippen molar-refractivity contribution in [2.24, 2.45) is 0 Å². The Labute approximate surface area is 93.7 Å². The second-order valence-corrected chi connectivity index (χ2v) is 4.00. The van der Waals surface area contributed by atoms with Gasteiger partial charge in [-0.15, -0.1) is 0 Å². The Balaban J connectivity index is 1.88. The average molecular weight is 215 g/mol. The van der Waals surface area contributed by atoms with Gasteiger partial charge in [0.2, 0.25) is 0 Å². The Morgan fingerprint density at radius 3 is 3.31 bits per heavy atom. The standard InChI is InChI=1S/C12H13N3O/c1-2-9(7-13-4-1)6-11-10-3-5-14-8-12(10)16-15-11/h1-2,4,7,14H,3,5-6,8H2. The third-order valence-corrected chi connectivity index (χ3v) is 2.88. The van der Waals surface area contributed by atoms with E-state index >= 15 is 0 Å². The Hall–Kier alpha value is -1.68. The molecule has 82 valence electrons. The molecule has 0 saturated carbocycles. The first-order valence-electron chi connectivity index (χ1n) is 5.49. The zero-order valence-corrected chi connectivity index (χ0v) is 8.94. The van der Waals surface area contributed by atoms with Gasteiger partial charge in [0, 0.05) is 24.4 Å². The molecule has 1 N–H and O–H groups in total. The van der Waals surface area contributed by atoms with Gasteiger partial charge in [0.15, 0.2) is 5.76 Å². The molecule has 0 unspecified atom stereocenters. The molecule has 1 aliphatic rings. The van der Waals surface area contributed by atoms with E-state index in [2.05, 4.69) is 21.5 Å². The lowest BCUT2D eigenvalue weighted by molar-refractivity contribution is 0.362. The fourth-order valence-electron chi connectivity index (χ4n) is 2.05. The van der Waals surface area contributed by atoms with Crippen molar-refractivity contribution in [3.05, 3.63) is 47.1 Å². The van der Waals surface area contributed by atoms with Crippen LogP contribution in [0.25, 0.3) is 0 Å². The van der Waals surface area contributed by atoms with Crippen LogP contribution in [0.5, 0.6) is 0 Å². The van der Waals surface area contributed by atoms with Crippen LogP contribution in [-0.4, -0.2) is 16.7 Å². The van der Waals surface area contributed by atoms with Gasteiger partial charge >= 0.3 is 0 Å². The number of hydrogen-bond acceptors (Lipinski definition) is 4. The van der Waals surface area contributed by atoms with E-state index < -0.39 is 0 Å². The van der Waals surface area contributed by atoms with Crippen molar-refractivity contribution >= 4 is 0 Å². The third-order valence-electron chi connectivity index (χ3n) is 2.88. The predicted molar refractivity (Wildman–Crippen MR) is 59.0 cm³/mol. The van der Waals surface area contributed by atoms with Crippen LogP contribution in [0.1, 0.15) is 22.6 Å². The zero-order valence-electron chi connectivity index (χ0n) is 8.94. The Bertz CT molecular complexity index is 478. The van der Waals surface area contributed by atoms with Gasteiger partial charge in [0.1, 0.15) is 0 Å². The molecule has 0 fully saturated rings. The molecule has 0 bridgehead atoms. The lowest BCUT2D eigenvalue weighted by Gasteiger charge is -2.10. The van der Waals surface area contributed by atoms with Crippen molar-refractivity contribution in [2.75, 3.05) is 6.54 Å². The predicted octanol–water partition coefficient (Wildman–Crippen LogP) is 1.31. The van der Waals surface area contributed by atoms with Crippen LogP contribution in [0, 0.1) is 0 Å². The second kappa shape index (κ2) is 4.06. The van der Waals surface area contributed by atoms with Gasteiger partial charge in [-0.25, -0.2) is 0 Å². The number of rotatable bonds is 2. The number of hydrogen-bond donors (Lipinski definition) is 1. The molecule has 0 atom stereocenters. The van der Waals surface area contributed by atoms with E-state index in [1.807, 2.05) is 12.3 Å². The highest BCUT2D eigenvalue weighted by Gasteiger charge is 2.18. The molecular weight excluding hydrogens is 202 g/mol. The Morgan fingerprint density at radius 2 is 2.44 bits per heavy atom. The highest BCUT2D eigenvalue weighted by Crippen LogP contribution is 2.20. The first kappa shape index (κ1) is 9.54. The maximum absolute atomic E-state index is 5.33. The molecule has 3 heterocycles. The summed E-state index contributed by atoms with van der Waals surface area (Å²) in [6, 6.07) is 4.01. The molecule has 16 heavy (non-hydrogen) atoms. The Kier molecular flexibility index (Phi) is 2.42. The van der Waals surface area contributed by atoms with Crippen LogP contribution in [0.4, 0.5) is 0 Å². The summed E-state index contributed by atoms with van der Waals surface area (Å²) in [7, 11) is 0. The van der Waals surface area contributed by atoms with E-state index in [0.717, 1.165) is 37.4 Å². The molecule has 2 aromatic heterocycles. The van der Waals surface area contributed by atoms with Crippen LogP contribution in [0.2, 0.25) is 0 Å². The van der Waals surface area contributed by atoms with E-state index in [4.69, 9.17) is 4.52 Å². The molecule has 0 aliphatic carbocycles. The molecular formula is C12H13N3O. The summed E-state index contributed by atoms with van der Waals surface area (Å²) in [6.07, 6.45) is 5.48. The molecule has 0 saturated heterocycles. The van der Waals surface area contributed by atoms with Gasteiger partial charge in [-0.2, -0.15) is 0 Å². The number of nitrogens with zero attached hydrogens (tertiary/aromatic N) is 2.